The Labute approximate surface area is 231 Å². The van der Waals surface area contributed by atoms with E-state index in [0.717, 1.165) is 44.9 Å². The van der Waals surface area contributed by atoms with Gasteiger partial charge in [-0.2, -0.15) is 0 Å². The molecular formula is C33H64O4. The number of carbonyl (C=O) groups is 2. The van der Waals surface area contributed by atoms with E-state index < -0.39 is 0 Å². The van der Waals surface area contributed by atoms with Crippen molar-refractivity contribution in [2.75, 3.05) is 13.2 Å². The molecule has 4 nitrogen and oxygen atoms in total. The normalized spacial score (nSPS) is 13.9. The highest BCUT2D eigenvalue weighted by Crippen LogP contribution is 2.23. The van der Waals surface area contributed by atoms with E-state index in [-0.39, 0.29) is 17.9 Å². The number of hydrogen-bond donors (Lipinski definition) is 0. The molecule has 0 saturated heterocycles. The van der Waals surface area contributed by atoms with Gasteiger partial charge in [-0.3, -0.25) is 9.59 Å². The Morgan fingerprint density at radius 2 is 1.03 bits per heavy atom. The van der Waals surface area contributed by atoms with Crippen LogP contribution in [0.2, 0.25) is 0 Å². The topological polar surface area (TPSA) is 52.6 Å². The Morgan fingerprint density at radius 3 is 1.49 bits per heavy atom. The van der Waals surface area contributed by atoms with Crippen LogP contribution in [0.1, 0.15) is 164 Å². The summed E-state index contributed by atoms with van der Waals surface area (Å²) >= 11 is 0. The fraction of sp³-hybridized carbons (Fsp3) is 0.939. The molecule has 220 valence electrons. The number of carbonyl (C=O) groups excluding carboxylic acids is 2. The maximum Gasteiger partial charge on any atom is 0.309 e. The van der Waals surface area contributed by atoms with E-state index in [1.807, 2.05) is 0 Å². The van der Waals surface area contributed by atoms with Crippen molar-refractivity contribution in [2.45, 2.75) is 164 Å². The van der Waals surface area contributed by atoms with E-state index in [1.165, 1.54) is 70.6 Å². The molecule has 0 bridgehead atoms. The van der Waals surface area contributed by atoms with Crippen LogP contribution in [0.4, 0.5) is 0 Å². The first kappa shape index (κ1) is 35.9. The molecule has 0 fully saturated rings. The summed E-state index contributed by atoms with van der Waals surface area (Å²) in [5.74, 6) is 1.44. The molecule has 0 heterocycles. The predicted molar refractivity (Wildman–Crippen MR) is 158 cm³/mol. The molecule has 0 aliphatic rings. The molecule has 0 aliphatic carbocycles. The van der Waals surface area contributed by atoms with E-state index in [2.05, 4.69) is 41.5 Å². The molecule has 37 heavy (non-hydrogen) atoms. The van der Waals surface area contributed by atoms with E-state index in [1.54, 1.807) is 0 Å². The van der Waals surface area contributed by atoms with Crippen LogP contribution in [0.3, 0.4) is 0 Å². The molecule has 0 amide bonds. The monoisotopic (exact) mass is 524 g/mol. The molecule has 3 atom stereocenters. The molecule has 0 spiro atoms. The maximum absolute atomic E-state index is 12.7. The molecule has 0 radical (unpaired) electrons. The van der Waals surface area contributed by atoms with Crippen molar-refractivity contribution in [1.82, 2.24) is 0 Å². The lowest BCUT2D eigenvalue weighted by molar-refractivity contribution is -0.152. The van der Waals surface area contributed by atoms with Gasteiger partial charge in [0.25, 0.3) is 0 Å². The molecule has 0 rings (SSSR count). The second-order valence-corrected chi connectivity index (χ2v) is 11.7. The standard InChI is InChI=1S/C33H64O4/c1-7-11-22-29(9-3)26-36-32(34)25-21-19-17-15-13-14-16-18-20-24-31(28(5)6)33(35)37-27-30(10-4)23-12-8-2/h28-31H,7-27H2,1-6H3. The summed E-state index contributed by atoms with van der Waals surface area (Å²) in [7, 11) is 0. The van der Waals surface area contributed by atoms with Crippen LogP contribution in [-0.4, -0.2) is 25.2 Å². The predicted octanol–water partition coefficient (Wildman–Crippen LogP) is 10.1. The first-order valence-corrected chi connectivity index (χ1v) is 16.2. The summed E-state index contributed by atoms with van der Waals surface area (Å²) in [5.41, 5.74) is 0. The molecule has 0 N–H and O–H groups in total. The van der Waals surface area contributed by atoms with Crippen molar-refractivity contribution in [3.63, 3.8) is 0 Å². The molecule has 3 unspecified atom stereocenters. The lowest BCUT2D eigenvalue weighted by atomic mass is 9.90. The fourth-order valence-electron chi connectivity index (χ4n) is 4.98. The summed E-state index contributed by atoms with van der Waals surface area (Å²) in [6.45, 7) is 14.3. The zero-order chi connectivity index (χ0) is 27.7. The molecule has 0 aliphatic heterocycles. The number of unbranched alkanes of at least 4 members (excludes halogenated alkanes) is 10. The summed E-state index contributed by atoms with van der Waals surface area (Å²) in [6.07, 6.45) is 21.5. The SMILES string of the molecule is CCCCC(CC)COC(=O)CCCCCCCCCCCC(C(=O)OCC(CC)CCCC)C(C)C. The van der Waals surface area contributed by atoms with Crippen molar-refractivity contribution in [1.29, 1.82) is 0 Å². The first-order chi connectivity index (χ1) is 17.9. The van der Waals surface area contributed by atoms with Gasteiger partial charge in [0, 0.05) is 6.42 Å². The van der Waals surface area contributed by atoms with E-state index >= 15 is 0 Å². The Kier molecular flexibility index (Phi) is 24.5. The molecule has 0 aromatic rings. The van der Waals surface area contributed by atoms with Gasteiger partial charge in [-0.1, -0.05) is 131 Å². The van der Waals surface area contributed by atoms with Crippen molar-refractivity contribution in [3.05, 3.63) is 0 Å². The molecule has 0 saturated carbocycles. The minimum atomic E-state index is -0.0137. The van der Waals surface area contributed by atoms with Crippen molar-refractivity contribution >= 4 is 11.9 Å². The van der Waals surface area contributed by atoms with Crippen LogP contribution in [0, 0.1) is 23.7 Å². The lowest BCUT2D eigenvalue weighted by Crippen LogP contribution is -2.25. The van der Waals surface area contributed by atoms with Crippen molar-refractivity contribution < 1.29 is 19.1 Å². The number of ether oxygens (including phenoxy) is 2. The number of esters is 2. The largest absolute Gasteiger partial charge is 0.465 e. The number of hydrogen-bond acceptors (Lipinski definition) is 4. The van der Waals surface area contributed by atoms with Gasteiger partial charge in [-0.25, -0.2) is 0 Å². The minimum Gasteiger partial charge on any atom is -0.465 e. The quantitative estimate of drug-likeness (QED) is 0.0834. The number of rotatable bonds is 26. The fourth-order valence-corrected chi connectivity index (χ4v) is 4.98. The average Bonchev–Trinajstić information content (AvgIpc) is 2.89. The van der Waals surface area contributed by atoms with Crippen LogP contribution in [0.15, 0.2) is 0 Å². The smallest absolute Gasteiger partial charge is 0.309 e. The van der Waals surface area contributed by atoms with Gasteiger partial charge in [0.05, 0.1) is 19.1 Å². The zero-order valence-corrected chi connectivity index (χ0v) is 25.8. The van der Waals surface area contributed by atoms with Crippen LogP contribution < -0.4 is 0 Å². The molecule has 0 aromatic carbocycles. The van der Waals surface area contributed by atoms with Gasteiger partial charge in [0.2, 0.25) is 0 Å². The molecule has 0 aromatic heterocycles. The lowest BCUT2D eigenvalue weighted by Gasteiger charge is -2.21. The highest BCUT2D eigenvalue weighted by atomic mass is 16.5. The average molecular weight is 525 g/mol. The van der Waals surface area contributed by atoms with Crippen molar-refractivity contribution in [2.24, 2.45) is 23.7 Å². The third-order valence-electron chi connectivity index (χ3n) is 8.03. The second kappa shape index (κ2) is 25.2. The third-order valence-corrected chi connectivity index (χ3v) is 8.03. The highest BCUT2D eigenvalue weighted by Gasteiger charge is 2.24. The van der Waals surface area contributed by atoms with Gasteiger partial charge < -0.3 is 9.47 Å². The minimum absolute atomic E-state index is 0.0137. The van der Waals surface area contributed by atoms with Crippen LogP contribution in [0.25, 0.3) is 0 Å². The van der Waals surface area contributed by atoms with Gasteiger partial charge in [-0.05, 0) is 43.4 Å². The Hall–Kier alpha value is -1.06. The zero-order valence-electron chi connectivity index (χ0n) is 25.8. The van der Waals surface area contributed by atoms with Gasteiger partial charge >= 0.3 is 11.9 Å². The van der Waals surface area contributed by atoms with E-state index in [0.29, 0.717) is 37.4 Å². The molecular weight excluding hydrogens is 460 g/mol. The Morgan fingerprint density at radius 1 is 0.568 bits per heavy atom. The summed E-state index contributed by atoms with van der Waals surface area (Å²) < 4.78 is 11.2. The van der Waals surface area contributed by atoms with Gasteiger partial charge in [0.1, 0.15) is 0 Å². The highest BCUT2D eigenvalue weighted by molar-refractivity contribution is 5.72. The van der Waals surface area contributed by atoms with Crippen molar-refractivity contribution in [3.8, 4) is 0 Å². The van der Waals surface area contributed by atoms with E-state index in [9.17, 15) is 9.59 Å². The van der Waals surface area contributed by atoms with Gasteiger partial charge in [0.15, 0.2) is 0 Å². The first-order valence-electron chi connectivity index (χ1n) is 16.2. The molecule has 4 heteroatoms. The Bertz CT molecular complexity index is 530. The van der Waals surface area contributed by atoms with Crippen LogP contribution >= 0.6 is 0 Å². The van der Waals surface area contributed by atoms with Crippen LogP contribution in [0.5, 0.6) is 0 Å². The second-order valence-electron chi connectivity index (χ2n) is 11.7. The van der Waals surface area contributed by atoms with E-state index in [4.69, 9.17) is 9.47 Å². The summed E-state index contributed by atoms with van der Waals surface area (Å²) in [4.78, 5) is 24.7. The van der Waals surface area contributed by atoms with Crippen LogP contribution in [-0.2, 0) is 19.1 Å². The summed E-state index contributed by atoms with van der Waals surface area (Å²) in [5, 5.41) is 0. The van der Waals surface area contributed by atoms with Gasteiger partial charge in [-0.15, -0.1) is 0 Å². The summed E-state index contributed by atoms with van der Waals surface area (Å²) in [6, 6.07) is 0. The third kappa shape index (κ3) is 20.6. The Balaban J connectivity index is 3.79. The maximum atomic E-state index is 12.7.